The molecule has 6 heteroatoms. The molecule has 0 saturated carbocycles. The molecule has 158 valence electrons. The Hall–Kier alpha value is -2.70. The second-order valence-corrected chi connectivity index (χ2v) is 8.68. The normalized spacial score (nSPS) is 15.3. The van der Waals surface area contributed by atoms with Crippen molar-refractivity contribution >= 4 is 0 Å². The van der Waals surface area contributed by atoms with E-state index in [-0.39, 0.29) is 5.41 Å². The van der Waals surface area contributed by atoms with E-state index in [0.29, 0.717) is 6.54 Å². The Kier molecular flexibility index (Phi) is 5.88. The van der Waals surface area contributed by atoms with Gasteiger partial charge in [0.2, 0.25) is 0 Å². The van der Waals surface area contributed by atoms with Crippen LogP contribution in [-0.4, -0.2) is 53.1 Å². The average molecular weight is 407 g/mol. The largest absolute Gasteiger partial charge is 0.497 e. The van der Waals surface area contributed by atoms with E-state index in [1.807, 2.05) is 28.9 Å². The van der Waals surface area contributed by atoms with Crippen molar-refractivity contribution in [1.29, 1.82) is 0 Å². The van der Waals surface area contributed by atoms with E-state index >= 15 is 0 Å². The quantitative estimate of drug-likeness (QED) is 0.639. The monoisotopic (exact) mass is 406 g/mol. The number of hydrogen-bond donors (Lipinski definition) is 0. The predicted octanol–water partition coefficient (Wildman–Crippen LogP) is 4.07. The molecule has 4 rings (SSSR count). The van der Waals surface area contributed by atoms with Crippen LogP contribution in [0.4, 0.5) is 0 Å². The van der Waals surface area contributed by atoms with Gasteiger partial charge in [0.15, 0.2) is 11.6 Å². The first kappa shape index (κ1) is 20.6. The minimum absolute atomic E-state index is 0.112. The van der Waals surface area contributed by atoms with Crippen molar-refractivity contribution in [3.05, 3.63) is 59.9 Å². The molecule has 1 saturated heterocycles. The standard InChI is InChI=1S/C24H30N4O2/c1-24(2,3)19-10-8-18(9-11-19)23-25-22(17-27-12-14-30-15-13-27)26-28(23)20-6-5-7-21(16-20)29-4/h5-11,16H,12-15,17H2,1-4H3. The van der Waals surface area contributed by atoms with Gasteiger partial charge in [0.25, 0.3) is 0 Å². The highest BCUT2D eigenvalue weighted by Gasteiger charge is 2.19. The van der Waals surface area contributed by atoms with Crippen LogP contribution >= 0.6 is 0 Å². The van der Waals surface area contributed by atoms with Crippen LogP contribution in [0.5, 0.6) is 5.75 Å². The molecule has 0 amide bonds. The van der Waals surface area contributed by atoms with Crippen molar-refractivity contribution in [2.45, 2.75) is 32.7 Å². The van der Waals surface area contributed by atoms with Gasteiger partial charge in [0.1, 0.15) is 5.75 Å². The summed E-state index contributed by atoms with van der Waals surface area (Å²) in [6, 6.07) is 16.6. The highest BCUT2D eigenvalue weighted by Crippen LogP contribution is 2.28. The van der Waals surface area contributed by atoms with Crippen LogP contribution in [0.2, 0.25) is 0 Å². The zero-order chi connectivity index (χ0) is 21.1. The zero-order valence-electron chi connectivity index (χ0n) is 18.3. The van der Waals surface area contributed by atoms with Crippen LogP contribution in [-0.2, 0) is 16.7 Å². The lowest BCUT2D eigenvalue weighted by atomic mass is 9.87. The molecule has 1 fully saturated rings. The molecule has 1 aromatic heterocycles. The van der Waals surface area contributed by atoms with E-state index in [4.69, 9.17) is 19.6 Å². The highest BCUT2D eigenvalue weighted by molar-refractivity contribution is 5.59. The Morgan fingerprint density at radius 1 is 1.03 bits per heavy atom. The zero-order valence-corrected chi connectivity index (χ0v) is 18.3. The molecule has 30 heavy (non-hydrogen) atoms. The molecule has 0 aliphatic carbocycles. The van der Waals surface area contributed by atoms with Gasteiger partial charge in [-0.1, -0.05) is 51.1 Å². The fraction of sp³-hybridized carbons (Fsp3) is 0.417. The van der Waals surface area contributed by atoms with Crippen LogP contribution in [0.1, 0.15) is 32.2 Å². The summed E-state index contributed by atoms with van der Waals surface area (Å²) in [5.41, 5.74) is 3.39. The van der Waals surface area contributed by atoms with Crippen molar-refractivity contribution in [2.24, 2.45) is 0 Å². The van der Waals surface area contributed by atoms with E-state index < -0.39 is 0 Å². The third-order valence-corrected chi connectivity index (χ3v) is 5.43. The molecule has 0 N–H and O–H groups in total. The maximum absolute atomic E-state index is 5.47. The number of morpholine rings is 1. The van der Waals surface area contributed by atoms with Gasteiger partial charge in [-0.2, -0.15) is 0 Å². The molecule has 3 aromatic rings. The molecule has 2 aromatic carbocycles. The number of aromatic nitrogens is 3. The van der Waals surface area contributed by atoms with Gasteiger partial charge in [-0.25, -0.2) is 9.67 Å². The van der Waals surface area contributed by atoms with E-state index in [0.717, 1.165) is 55.0 Å². The number of ether oxygens (including phenoxy) is 2. The van der Waals surface area contributed by atoms with E-state index in [9.17, 15) is 0 Å². The summed E-state index contributed by atoms with van der Waals surface area (Å²) in [7, 11) is 1.68. The number of rotatable bonds is 5. The minimum atomic E-state index is 0.112. The topological polar surface area (TPSA) is 52.4 Å². The van der Waals surface area contributed by atoms with Crippen LogP contribution in [0.3, 0.4) is 0 Å². The third-order valence-electron chi connectivity index (χ3n) is 5.43. The molecule has 6 nitrogen and oxygen atoms in total. The molecule has 1 aliphatic rings. The minimum Gasteiger partial charge on any atom is -0.497 e. The fourth-order valence-electron chi connectivity index (χ4n) is 3.61. The molecule has 0 unspecified atom stereocenters. The van der Waals surface area contributed by atoms with Gasteiger partial charge < -0.3 is 9.47 Å². The first-order chi connectivity index (χ1) is 14.4. The molecule has 1 aliphatic heterocycles. The summed E-state index contributed by atoms with van der Waals surface area (Å²) in [5, 5.41) is 4.87. The van der Waals surface area contributed by atoms with Crippen molar-refractivity contribution in [1.82, 2.24) is 19.7 Å². The number of nitrogens with zero attached hydrogens (tertiary/aromatic N) is 4. The summed E-state index contributed by atoms with van der Waals surface area (Å²) in [5.74, 6) is 2.45. The van der Waals surface area contributed by atoms with Crippen molar-refractivity contribution in [2.75, 3.05) is 33.4 Å². The van der Waals surface area contributed by atoms with Crippen molar-refractivity contribution < 1.29 is 9.47 Å². The number of benzene rings is 2. The summed E-state index contributed by atoms with van der Waals surface area (Å²) >= 11 is 0. The Labute approximate surface area is 178 Å². The van der Waals surface area contributed by atoms with Crippen LogP contribution in [0.15, 0.2) is 48.5 Å². The van der Waals surface area contributed by atoms with Crippen LogP contribution < -0.4 is 4.74 Å². The Balaban J connectivity index is 1.72. The lowest BCUT2D eigenvalue weighted by Gasteiger charge is -2.25. The average Bonchev–Trinajstić information content (AvgIpc) is 3.18. The maximum Gasteiger partial charge on any atom is 0.165 e. The van der Waals surface area contributed by atoms with Crippen LogP contribution in [0, 0.1) is 0 Å². The Bertz CT molecular complexity index is 983. The lowest BCUT2D eigenvalue weighted by Crippen LogP contribution is -2.36. The smallest absolute Gasteiger partial charge is 0.165 e. The Morgan fingerprint density at radius 3 is 2.43 bits per heavy atom. The van der Waals surface area contributed by atoms with Crippen molar-refractivity contribution in [3.63, 3.8) is 0 Å². The molecule has 0 bridgehead atoms. The van der Waals surface area contributed by atoms with Crippen molar-refractivity contribution in [3.8, 4) is 22.8 Å². The molecular formula is C24H30N4O2. The molecule has 2 heterocycles. The molecule has 0 atom stereocenters. The second-order valence-electron chi connectivity index (χ2n) is 8.68. The van der Waals surface area contributed by atoms with Gasteiger partial charge >= 0.3 is 0 Å². The second kappa shape index (κ2) is 8.58. The maximum atomic E-state index is 5.47. The molecule has 0 radical (unpaired) electrons. The predicted molar refractivity (Wildman–Crippen MR) is 118 cm³/mol. The highest BCUT2D eigenvalue weighted by atomic mass is 16.5. The third kappa shape index (κ3) is 4.55. The van der Waals surface area contributed by atoms with Gasteiger partial charge in [-0.05, 0) is 23.1 Å². The Morgan fingerprint density at radius 2 is 1.77 bits per heavy atom. The van der Waals surface area contributed by atoms with E-state index in [2.05, 4.69) is 49.9 Å². The van der Waals surface area contributed by atoms with Gasteiger partial charge in [-0.3, -0.25) is 4.90 Å². The summed E-state index contributed by atoms with van der Waals surface area (Å²) in [4.78, 5) is 7.26. The summed E-state index contributed by atoms with van der Waals surface area (Å²) in [6.45, 7) is 10.7. The first-order valence-electron chi connectivity index (χ1n) is 10.5. The number of hydrogen-bond acceptors (Lipinski definition) is 5. The molecular weight excluding hydrogens is 376 g/mol. The summed E-state index contributed by atoms with van der Waals surface area (Å²) in [6.07, 6.45) is 0. The van der Waals surface area contributed by atoms with Gasteiger partial charge in [0, 0.05) is 24.7 Å². The fourth-order valence-corrected chi connectivity index (χ4v) is 3.61. The van der Waals surface area contributed by atoms with Crippen LogP contribution in [0.25, 0.3) is 17.1 Å². The van der Waals surface area contributed by atoms with E-state index in [1.54, 1.807) is 7.11 Å². The van der Waals surface area contributed by atoms with E-state index in [1.165, 1.54) is 5.56 Å². The summed E-state index contributed by atoms with van der Waals surface area (Å²) < 4.78 is 12.8. The first-order valence-corrected chi connectivity index (χ1v) is 10.5. The number of methoxy groups -OCH3 is 1. The lowest BCUT2D eigenvalue weighted by molar-refractivity contribution is 0.0331. The SMILES string of the molecule is COc1cccc(-n2nc(CN3CCOCC3)nc2-c2ccc(C(C)(C)C)cc2)c1. The van der Waals surface area contributed by atoms with Gasteiger partial charge in [-0.15, -0.1) is 5.10 Å². The van der Waals surface area contributed by atoms with Gasteiger partial charge in [0.05, 0.1) is 32.6 Å². The molecule has 0 spiro atoms.